The maximum atomic E-state index is 10.9. The van der Waals surface area contributed by atoms with Gasteiger partial charge in [0.15, 0.2) is 0 Å². The van der Waals surface area contributed by atoms with Gasteiger partial charge in [-0.1, -0.05) is 0 Å². The average molecular weight is 228 g/mol. The first kappa shape index (κ1) is 11.9. The molecule has 0 spiro atoms. The van der Waals surface area contributed by atoms with Crippen LogP contribution in [0.4, 0.5) is 11.6 Å². The van der Waals surface area contributed by atoms with Crippen molar-refractivity contribution < 1.29 is 4.21 Å². The van der Waals surface area contributed by atoms with Crippen molar-refractivity contribution in [3.8, 4) is 0 Å². The Hall–Kier alpha value is -1.17. The lowest BCUT2D eigenvalue weighted by molar-refractivity contribution is 0.678. The molecule has 0 aliphatic carbocycles. The quantitative estimate of drug-likeness (QED) is 0.772. The molecule has 6 heteroatoms. The Labute approximate surface area is 92.0 Å². The first-order valence-electron chi connectivity index (χ1n) is 4.72. The predicted molar refractivity (Wildman–Crippen MR) is 63.1 cm³/mol. The third-order valence-corrected chi connectivity index (χ3v) is 2.70. The van der Waals surface area contributed by atoms with Crippen LogP contribution in [0.2, 0.25) is 0 Å². The molecule has 0 fully saturated rings. The minimum atomic E-state index is -0.749. The van der Waals surface area contributed by atoms with Crippen molar-refractivity contribution in [2.75, 3.05) is 23.1 Å². The SMILES string of the molecule is CC(CCS(C)=O)Nc1cncc(N)n1. The van der Waals surface area contributed by atoms with Crippen LogP contribution in [0.3, 0.4) is 0 Å². The molecule has 3 N–H and O–H groups in total. The van der Waals surface area contributed by atoms with E-state index in [2.05, 4.69) is 15.3 Å². The molecule has 0 amide bonds. The van der Waals surface area contributed by atoms with E-state index >= 15 is 0 Å². The van der Waals surface area contributed by atoms with Gasteiger partial charge in [-0.05, 0) is 13.3 Å². The number of nitrogen functional groups attached to an aromatic ring is 1. The molecule has 5 nitrogen and oxygen atoms in total. The van der Waals surface area contributed by atoms with Crippen molar-refractivity contribution in [1.82, 2.24) is 9.97 Å². The number of nitrogens with zero attached hydrogens (tertiary/aromatic N) is 2. The molecule has 1 rings (SSSR count). The van der Waals surface area contributed by atoms with E-state index in [4.69, 9.17) is 5.73 Å². The Morgan fingerprint density at radius 2 is 2.33 bits per heavy atom. The molecule has 2 unspecified atom stereocenters. The summed E-state index contributed by atoms with van der Waals surface area (Å²) in [5.74, 6) is 1.74. The predicted octanol–water partition coefficient (Wildman–Crippen LogP) is 0.628. The number of nitrogens with two attached hydrogens (primary N) is 1. The number of aromatic nitrogens is 2. The Bertz CT molecular complexity index is 345. The maximum Gasteiger partial charge on any atom is 0.147 e. The topological polar surface area (TPSA) is 80.9 Å². The first-order chi connectivity index (χ1) is 7.08. The third kappa shape index (κ3) is 4.73. The number of hydrogen-bond acceptors (Lipinski definition) is 5. The van der Waals surface area contributed by atoms with E-state index in [0.29, 0.717) is 17.4 Å². The highest BCUT2D eigenvalue weighted by atomic mass is 32.2. The summed E-state index contributed by atoms with van der Waals surface area (Å²) in [6.45, 7) is 2.01. The fraction of sp³-hybridized carbons (Fsp3) is 0.556. The van der Waals surface area contributed by atoms with Gasteiger partial charge in [-0.15, -0.1) is 0 Å². The third-order valence-electron chi connectivity index (χ3n) is 1.89. The first-order valence-corrected chi connectivity index (χ1v) is 6.44. The molecule has 15 heavy (non-hydrogen) atoms. The summed E-state index contributed by atoms with van der Waals surface area (Å²) in [6.07, 6.45) is 5.65. The Morgan fingerprint density at radius 1 is 1.60 bits per heavy atom. The van der Waals surface area contributed by atoms with Crippen molar-refractivity contribution in [3.05, 3.63) is 12.4 Å². The van der Waals surface area contributed by atoms with E-state index < -0.39 is 10.8 Å². The maximum absolute atomic E-state index is 10.9. The molecule has 0 aliphatic heterocycles. The molecule has 0 aliphatic rings. The van der Waals surface area contributed by atoms with Crippen molar-refractivity contribution in [1.29, 1.82) is 0 Å². The lowest BCUT2D eigenvalue weighted by Gasteiger charge is -2.13. The summed E-state index contributed by atoms with van der Waals surface area (Å²) in [5, 5.41) is 3.15. The standard InChI is InChI=1S/C9H16N4OS/c1-7(3-4-15(2)14)12-9-6-11-5-8(10)13-9/h5-7H,3-4H2,1-2H3,(H3,10,12,13). The van der Waals surface area contributed by atoms with Crippen molar-refractivity contribution in [3.63, 3.8) is 0 Å². The second-order valence-corrected chi connectivity index (χ2v) is 5.00. The van der Waals surface area contributed by atoms with E-state index in [9.17, 15) is 4.21 Å². The highest BCUT2D eigenvalue weighted by molar-refractivity contribution is 7.84. The van der Waals surface area contributed by atoms with E-state index in [1.165, 1.54) is 6.20 Å². The molecule has 0 radical (unpaired) electrons. The Kier molecular flexibility index (Phi) is 4.48. The van der Waals surface area contributed by atoms with Gasteiger partial charge in [0.2, 0.25) is 0 Å². The van der Waals surface area contributed by atoms with E-state index in [-0.39, 0.29) is 6.04 Å². The fourth-order valence-corrected chi connectivity index (χ4v) is 1.80. The largest absolute Gasteiger partial charge is 0.382 e. The van der Waals surface area contributed by atoms with Crippen molar-refractivity contribution in [2.45, 2.75) is 19.4 Å². The fourth-order valence-electron chi connectivity index (χ4n) is 1.12. The van der Waals surface area contributed by atoms with Crippen molar-refractivity contribution in [2.24, 2.45) is 0 Å². The van der Waals surface area contributed by atoms with Crippen LogP contribution in [-0.4, -0.2) is 32.2 Å². The minimum absolute atomic E-state index is 0.213. The number of anilines is 2. The molecular formula is C9H16N4OS. The lowest BCUT2D eigenvalue weighted by atomic mass is 10.2. The van der Waals surface area contributed by atoms with Gasteiger partial charge < -0.3 is 11.1 Å². The average Bonchev–Trinajstić information content (AvgIpc) is 2.15. The van der Waals surface area contributed by atoms with Crippen LogP contribution in [0.25, 0.3) is 0 Å². The van der Waals surface area contributed by atoms with Crippen LogP contribution in [0, 0.1) is 0 Å². The molecule has 0 saturated heterocycles. The van der Waals surface area contributed by atoms with Crippen LogP contribution >= 0.6 is 0 Å². The normalized spacial score (nSPS) is 14.5. The molecular weight excluding hydrogens is 212 g/mol. The van der Waals surface area contributed by atoms with Crippen LogP contribution in [0.5, 0.6) is 0 Å². The molecule has 2 atom stereocenters. The summed E-state index contributed by atoms with van der Waals surface area (Å²) in [6, 6.07) is 0.213. The van der Waals surface area contributed by atoms with Gasteiger partial charge >= 0.3 is 0 Å². The van der Waals surface area contributed by atoms with Crippen LogP contribution in [0.1, 0.15) is 13.3 Å². The molecule has 1 heterocycles. The second-order valence-electron chi connectivity index (χ2n) is 3.44. The number of rotatable bonds is 5. The molecule has 0 bridgehead atoms. The van der Waals surface area contributed by atoms with Gasteiger partial charge in [0.05, 0.1) is 12.4 Å². The van der Waals surface area contributed by atoms with Crippen molar-refractivity contribution >= 4 is 22.4 Å². The summed E-state index contributed by atoms with van der Waals surface area (Å²) in [5.41, 5.74) is 5.49. The Morgan fingerprint density at radius 3 is 2.93 bits per heavy atom. The molecule has 1 aromatic rings. The zero-order valence-electron chi connectivity index (χ0n) is 8.93. The molecule has 84 valence electrons. The highest BCUT2D eigenvalue weighted by Crippen LogP contribution is 2.06. The van der Waals surface area contributed by atoms with Crippen LogP contribution in [0.15, 0.2) is 12.4 Å². The zero-order valence-corrected chi connectivity index (χ0v) is 9.75. The zero-order chi connectivity index (χ0) is 11.3. The monoisotopic (exact) mass is 228 g/mol. The second kappa shape index (κ2) is 5.65. The number of hydrogen-bond donors (Lipinski definition) is 2. The Balaban J connectivity index is 2.44. The van der Waals surface area contributed by atoms with Gasteiger partial charge in [-0.25, -0.2) is 4.98 Å². The van der Waals surface area contributed by atoms with Crippen LogP contribution < -0.4 is 11.1 Å². The lowest BCUT2D eigenvalue weighted by Crippen LogP contribution is -2.19. The molecule has 1 aromatic heterocycles. The summed E-state index contributed by atoms with van der Waals surface area (Å²) >= 11 is 0. The molecule has 0 aromatic carbocycles. The minimum Gasteiger partial charge on any atom is -0.382 e. The van der Waals surface area contributed by atoms with E-state index in [1.807, 2.05) is 6.92 Å². The van der Waals surface area contributed by atoms with Crippen LogP contribution in [-0.2, 0) is 10.8 Å². The summed E-state index contributed by atoms with van der Waals surface area (Å²) in [4.78, 5) is 7.99. The summed E-state index contributed by atoms with van der Waals surface area (Å²) in [7, 11) is -0.749. The van der Waals surface area contributed by atoms with Gasteiger partial charge in [0.25, 0.3) is 0 Å². The number of nitrogens with one attached hydrogen (secondary N) is 1. The van der Waals surface area contributed by atoms with Gasteiger partial charge in [0, 0.05) is 28.9 Å². The van der Waals surface area contributed by atoms with E-state index in [1.54, 1.807) is 12.5 Å². The smallest absolute Gasteiger partial charge is 0.147 e. The van der Waals surface area contributed by atoms with Gasteiger partial charge in [0.1, 0.15) is 11.6 Å². The van der Waals surface area contributed by atoms with Gasteiger partial charge in [-0.3, -0.25) is 9.19 Å². The summed E-state index contributed by atoms with van der Waals surface area (Å²) < 4.78 is 10.9. The highest BCUT2D eigenvalue weighted by Gasteiger charge is 2.04. The van der Waals surface area contributed by atoms with Gasteiger partial charge in [-0.2, -0.15) is 0 Å². The van der Waals surface area contributed by atoms with E-state index in [0.717, 1.165) is 6.42 Å². The molecule has 0 saturated carbocycles.